The highest BCUT2D eigenvalue weighted by atomic mass is 32.2. The third-order valence-electron chi connectivity index (χ3n) is 11.0. The number of nitrogens with one attached hydrogen (secondary N) is 2. The largest absolute Gasteiger partial charge is 0.497 e. The number of rotatable bonds is 8. The quantitative estimate of drug-likeness (QED) is 0.314. The van der Waals surface area contributed by atoms with Crippen molar-refractivity contribution >= 4 is 49.9 Å². The average molecular weight is 734 g/mol. The Labute approximate surface area is 301 Å². The van der Waals surface area contributed by atoms with Crippen LogP contribution in [-0.2, 0) is 24.4 Å². The van der Waals surface area contributed by atoms with Crippen molar-refractivity contribution in [3.63, 3.8) is 0 Å². The summed E-state index contributed by atoms with van der Waals surface area (Å²) in [5.74, 6) is -1.56. The van der Waals surface area contributed by atoms with E-state index in [0.717, 1.165) is 53.6 Å². The predicted octanol–water partition coefficient (Wildman–Crippen LogP) is 4.70. The lowest BCUT2D eigenvalue weighted by atomic mass is 9.93. The summed E-state index contributed by atoms with van der Waals surface area (Å²) in [6.07, 6.45) is 9.87. The van der Waals surface area contributed by atoms with E-state index >= 15 is 0 Å². The fraction of sp³-hybridized carbons (Fsp3) is 0.541. The molecule has 2 aromatic heterocycles. The summed E-state index contributed by atoms with van der Waals surface area (Å²) in [5.41, 5.74) is 0.367. The van der Waals surface area contributed by atoms with Gasteiger partial charge in [0.2, 0.25) is 27.7 Å². The number of allylic oxidation sites excluding steroid dienone is 1. The summed E-state index contributed by atoms with van der Waals surface area (Å²) in [6.45, 7) is 0.560. The Kier molecular flexibility index (Phi) is 8.80. The molecule has 4 fully saturated rings. The lowest BCUT2D eigenvalue weighted by Crippen LogP contribution is -2.54. The van der Waals surface area contributed by atoms with Gasteiger partial charge in [0.1, 0.15) is 28.1 Å². The van der Waals surface area contributed by atoms with Gasteiger partial charge >= 0.3 is 0 Å². The van der Waals surface area contributed by atoms with E-state index in [-0.39, 0.29) is 31.1 Å². The van der Waals surface area contributed by atoms with Crippen molar-refractivity contribution in [2.45, 2.75) is 87.0 Å². The maximum absolute atomic E-state index is 14.2. The molecule has 4 saturated carbocycles. The number of sulfonamides is 1. The van der Waals surface area contributed by atoms with Crippen LogP contribution in [0.5, 0.6) is 11.6 Å². The Morgan fingerprint density at radius 2 is 1.88 bits per heavy atom. The molecule has 4 aliphatic carbocycles. The van der Waals surface area contributed by atoms with Crippen LogP contribution in [0.4, 0.5) is 0 Å². The van der Waals surface area contributed by atoms with Gasteiger partial charge in [0.05, 0.1) is 29.9 Å². The smallest absolute Gasteiger partial charge is 0.259 e. The van der Waals surface area contributed by atoms with Crippen LogP contribution in [0.25, 0.3) is 21.5 Å². The number of ether oxygens (including phenoxy) is 2. The molecule has 5 unspecified atom stereocenters. The number of hydrogen-bond donors (Lipinski definition) is 2. The van der Waals surface area contributed by atoms with E-state index < -0.39 is 50.6 Å². The molecule has 0 radical (unpaired) electrons. The summed E-state index contributed by atoms with van der Waals surface area (Å²) in [5, 5.41) is 6.89. The van der Waals surface area contributed by atoms with Gasteiger partial charge in [-0.2, -0.15) is 0 Å². The van der Waals surface area contributed by atoms with Crippen LogP contribution in [0, 0.1) is 17.8 Å². The highest BCUT2D eigenvalue weighted by molar-refractivity contribution is 7.91. The van der Waals surface area contributed by atoms with Gasteiger partial charge in [-0.3, -0.25) is 19.1 Å². The molecule has 0 bridgehead atoms. The van der Waals surface area contributed by atoms with Crippen molar-refractivity contribution in [2.24, 2.45) is 17.8 Å². The first-order chi connectivity index (χ1) is 24.5. The van der Waals surface area contributed by atoms with Crippen molar-refractivity contribution in [3.8, 4) is 22.3 Å². The van der Waals surface area contributed by atoms with E-state index in [1.165, 1.54) is 0 Å². The van der Waals surface area contributed by atoms with Crippen molar-refractivity contribution in [1.29, 1.82) is 0 Å². The Morgan fingerprint density at radius 3 is 2.65 bits per heavy atom. The van der Waals surface area contributed by atoms with Crippen LogP contribution in [-0.4, -0.2) is 78.6 Å². The van der Waals surface area contributed by atoms with Crippen molar-refractivity contribution in [3.05, 3.63) is 47.5 Å². The molecule has 3 amide bonds. The van der Waals surface area contributed by atoms with E-state index in [0.29, 0.717) is 42.6 Å². The van der Waals surface area contributed by atoms with Gasteiger partial charge in [0.25, 0.3) is 5.91 Å². The molecule has 2 N–H and O–H groups in total. The zero-order valence-corrected chi connectivity index (χ0v) is 30.4. The molecule has 5 aliphatic rings. The maximum atomic E-state index is 14.2. The van der Waals surface area contributed by atoms with Gasteiger partial charge in [0.15, 0.2) is 0 Å². The molecular formula is C37H43N5O7S2. The molecule has 1 aromatic carbocycles. The molecular weight excluding hydrogens is 691 g/mol. The number of aromatic nitrogens is 2. The normalized spacial score (nSPS) is 29.0. The summed E-state index contributed by atoms with van der Waals surface area (Å²) in [7, 11) is -0.445. The number of hydrogen-bond acceptors (Lipinski definition) is 10. The molecule has 270 valence electrons. The summed E-state index contributed by atoms with van der Waals surface area (Å²) < 4.78 is 40.0. The van der Waals surface area contributed by atoms with Crippen LogP contribution in [0.2, 0.25) is 0 Å². The third kappa shape index (κ3) is 6.84. The minimum absolute atomic E-state index is 0.150. The maximum Gasteiger partial charge on any atom is 0.259 e. The molecule has 5 atom stereocenters. The molecule has 14 heteroatoms. The molecule has 0 saturated heterocycles. The molecule has 12 nitrogen and oxygen atoms in total. The summed E-state index contributed by atoms with van der Waals surface area (Å²) in [4.78, 5) is 53.3. The second-order valence-electron chi connectivity index (χ2n) is 14.8. The fourth-order valence-corrected chi connectivity index (χ4v) is 9.78. The summed E-state index contributed by atoms with van der Waals surface area (Å²) in [6, 6.07) is 7.65. The SMILES string of the molecule is COc1ccc2c(OC3CC4C(=O)NC5(C(=O)NS(=O)(=O)C6CC6)CC5/C=C\CCCCN(C)C(=O)C4C3)nc(-c3nc(C4CC4)cs3)cc2c1. The second-order valence-corrected chi connectivity index (χ2v) is 17.6. The minimum atomic E-state index is -3.82. The molecule has 3 aromatic rings. The first-order valence-corrected chi connectivity index (χ1v) is 20.4. The van der Waals surface area contributed by atoms with Crippen molar-refractivity contribution < 1.29 is 32.3 Å². The fourth-order valence-electron chi connectivity index (χ4n) is 7.55. The Morgan fingerprint density at radius 1 is 1.08 bits per heavy atom. The lowest BCUT2D eigenvalue weighted by Gasteiger charge is -2.26. The van der Waals surface area contributed by atoms with Crippen LogP contribution in [0.15, 0.2) is 41.8 Å². The van der Waals surface area contributed by atoms with Crippen LogP contribution >= 0.6 is 11.3 Å². The monoisotopic (exact) mass is 733 g/mol. The van der Waals surface area contributed by atoms with Gasteiger partial charge in [-0.1, -0.05) is 12.2 Å². The Hall–Kier alpha value is -4.04. The standard InChI is InChI=1S/C37H43N5O7S2/c1-42-14-6-4-3-5-7-23-19-37(23,36(45)41-51(46,47)26-11-12-26)40-32(43)28-17-25(18-29(28)35(42)44)49-33-27-13-10-24(48-2)15-22(27)16-30(38-33)34-39-31(20-50-34)21-8-9-21/h5,7,10,13,15-16,20-21,23,25-26,28-29H,3-4,6,8-9,11-12,14,17-19H2,1-2H3,(H,40,43)(H,41,45)/b7-5-. The summed E-state index contributed by atoms with van der Waals surface area (Å²) >= 11 is 1.55. The number of carbonyl (C=O) groups excluding carboxylic acids is 3. The number of thiazole rings is 1. The average Bonchev–Trinajstić information content (AvgIpc) is 4.06. The minimum Gasteiger partial charge on any atom is -0.497 e. The predicted molar refractivity (Wildman–Crippen MR) is 192 cm³/mol. The molecule has 0 spiro atoms. The lowest BCUT2D eigenvalue weighted by molar-refractivity contribution is -0.140. The second kappa shape index (κ2) is 13.2. The number of nitrogens with zero attached hydrogens (tertiary/aromatic N) is 3. The topological polar surface area (TPSA) is 157 Å². The first-order valence-electron chi connectivity index (χ1n) is 18.0. The van der Waals surface area contributed by atoms with E-state index in [2.05, 4.69) is 15.4 Å². The number of amides is 3. The van der Waals surface area contributed by atoms with E-state index in [4.69, 9.17) is 19.4 Å². The third-order valence-corrected chi connectivity index (χ3v) is 13.7. The zero-order valence-electron chi connectivity index (χ0n) is 28.8. The van der Waals surface area contributed by atoms with Crippen LogP contribution in [0.3, 0.4) is 0 Å². The number of benzene rings is 1. The highest BCUT2D eigenvalue weighted by Gasteiger charge is 2.62. The van der Waals surface area contributed by atoms with Gasteiger partial charge in [-0.15, -0.1) is 11.3 Å². The van der Waals surface area contributed by atoms with Crippen molar-refractivity contribution in [1.82, 2.24) is 24.9 Å². The number of methoxy groups -OCH3 is 1. The van der Waals surface area contributed by atoms with Gasteiger partial charge in [-0.25, -0.2) is 18.4 Å². The van der Waals surface area contributed by atoms with Gasteiger partial charge in [0, 0.05) is 36.2 Å². The van der Waals surface area contributed by atoms with Gasteiger partial charge < -0.3 is 19.7 Å². The van der Waals surface area contributed by atoms with E-state index in [1.807, 2.05) is 36.4 Å². The van der Waals surface area contributed by atoms with E-state index in [9.17, 15) is 22.8 Å². The number of fused-ring (bicyclic) bond motifs is 3. The van der Waals surface area contributed by atoms with E-state index in [1.54, 1.807) is 30.4 Å². The Bertz CT molecular complexity index is 2020. The highest BCUT2D eigenvalue weighted by Crippen LogP contribution is 2.47. The first kappa shape index (κ1) is 34.1. The van der Waals surface area contributed by atoms with Crippen LogP contribution < -0.4 is 19.5 Å². The number of pyridine rings is 1. The Balaban J connectivity index is 1.09. The van der Waals surface area contributed by atoms with Crippen molar-refractivity contribution in [2.75, 3.05) is 20.7 Å². The molecule has 51 heavy (non-hydrogen) atoms. The zero-order chi connectivity index (χ0) is 35.5. The molecule has 8 rings (SSSR count). The van der Waals surface area contributed by atoms with Crippen LogP contribution in [0.1, 0.15) is 75.8 Å². The molecule has 3 heterocycles. The molecule has 1 aliphatic heterocycles. The number of carbonyl (C=O) groups is 3. The van der Waals surface area contributed by atoms with Gasteiger partial charge in [-0.05, 0) is 93.9 Å².